The third kappa shape index (κ3) is 4.26. The molecule has 27 heavy (non-hydrogen) atoms. The fourth-order valence-corrected chi connectivity index (χ4v) is 2.88. The van der Waals surface area contributed by atoms with Crippen molar-refractivity contribution in [1.29, 1.82) is 0 Å². The van der Waals surface area contributed by atoms with Crippen molar-refractivity contribution >= 4 is 29.1 Å². The number of rotatable bonds is 6. The number of carbonyl (C=O) groups excluding carboxylic acids is 1. The smallest absolute Gasteiger partial charge is 0.270 e. The van der Waals surface area contributed by atoms with E-state index >= 15 is 0 Å². The van der Waals surface area contributed by atoms with Gasteiger partial charge in [-0.1, -0.05) is 30.1 Å². The first kappa shape index (κ1) is 19.3. The fraction of sp³-hybridized carbons (Fsp3) is 0.200. The molecule has 1 aromatic heterocycles. The average molecular weight is 404 g/mol. The van der Waals surface area contributed by atoms with Gasteiger partial charge in [-0.15, -0.1) is 0 Å². The average Bonchev–Trinajstić information content (AvgIpc) is 3.14. The molecule has 1 N–H and O–H groups in total. The van der Waals surface area contributed by atoms with Gasteiger partial charge in [0, 0.05) is 12.1 Å². The summed E-state index contributed by atoms with van der Waals surface area (Å²) in [6, 6.07) is 14.4. The van der Waals surface area contributed by atoms with E-state index < -0.39 is 0 Å². The summed E-state index contributed by atoms with van der Waals surface area (Å²) >= 11 is 12.2. The highest BCUT2D eigenvalue weighted by Crippen LogP contribution is 2.27. The van der Waals surface area contributed by atoms with E-state index in [9.17, 15) is 4.79 Å². The fourth-order valence-electron chi connectivity index (χ4n) is 2.59. The summed E-state index contributed by atoms with van der Waals surface area (Å²) < 4.78 is 6.77. The maximum atomic E-state index is 12.6. The number of halogens is 2. The van der Waals surface area contributed by atoms with Crippen molar-refractivity contribution in [3.05, 3.63) is 64.3 Å². The highest BCUT2D eigenvalue weighted by molar-refractivity contribution is 6.42. The van der Waals surface area contributed by atoms with E-state index in [2.05, 4.69) is 10.4 Å². The van der Waals surface area contributed by atoms with Crippen LogP contribution in [0, 0.1) is 0 Å². The van der Waals surface area contributed by atoms with Gasteiger partial charge >= 0.3 is 0 Å². The third-order valence-electron chi connectivity index (χ3n) is 4.01. The van der Waals surface area contributed by atoms with E-state index in [1.807, 2.05) is 31.2 Å². The second-order valence-electron chi connectivity index (χ2n) is 5.91. The molecule has 0 saturated carbocycles. The number of methoxy groups -OCH3 is 1. The predicted molar refractivity (Wildman–Crippen MR) is 108 cm³/mol. The van der Waals surface area contributed by atoms with Crippen LogP contribution in [-0.4, -0.2) is 29.3 Å². The van der Waals surface area contributed by atoms with Crippen molar-refractivity contribution < 1.29 is 9.53 Å². The van der Waals surface area contributed by atoms with Gasteiger partial charge in [0.1, 0.15) is 11.4 Å². The second-order valence-corrected chi connectivity index (χ2v) is 6.72. The summed E-state index contributed by atoms with van der Waals surface area (Å²) in [5.74, 6) is 0.554. The van der Waals surface area contributed by atoms with Gasteiger partial charge in [0.2, 0.25) is 0 Å². The Labute approximate surface area is 167 Å². The number of hydrogen-bond donors (Lipinski definition) is 1. The van der Waals surface area contributed by atoms with Gasteiger partial charge in [0.15, 0.2) is 0 Å². The van der Waals surface area contributed by atoms with Crippen molar-refractivity contribution in [3.8, 4) is 22.7 Å². The number of ether oxygens (including phenoxy) is 1. The summed E-state index contributed by atoms with van der Waals surface area (Å²) in [4.78, 5) is 12.6. The van der Waals surface area contributed by atoms with Crippen LogP contribution in [0.4, 0.5) is 0 Å². The van der Waals surface area contributed by atoms with E-state index in [0.717, 1.165) is 17.7 Å². The maximum Gasteiger partial charge on any atom is 0.270 e. The summed E-state index contributed by atoms with van der Waals surface area (Å²) in [5, 5.41) is 8.35. The zero-order chi connectivity index (χ0) is 19.4. The molecule has 0 saturated heterocycles. The molecule has 1 heterocycles. The van der Waals surface area contributed by atoms with Crippen LogP contribution in [0.5, 0.6) is 5.75 Å². The van der Waals surface area contributed by atoms with Gasteiger partial charge in [-0.3, -0.25) is 4.79 Å². The van der Waals surface area contributed by atoms with E-state index in [1.165, 1.54) is 0 Å². The maximum absolute atomic E-state index is 12.6. The van der Waals surface area contributed by atoms with Crippen LogP contribution in [0.2, 0.25) is 10.0 Å². The SMILES string of the molecule is CCCNC(=O)c1cc(-c2ccc(OC)cc2)nn1-c1ccc(Cl)c(Cl)c1. The predicted octanol–water partition coefficient (Wildman–Crippen LogP) is 4.99. The topological polar surface area (TPSA) is 56.1 Å². The van der Waals surface area contributed by atoms with Crippen molar-refractivity contribution in [2.45, 2.75) is 13.3 Å². The Morgan fingerprint density at radius 2 is 1.85 bits per heavy atom. The zero-order valence-corrected chi connectivity index (χ0v) is 16.5. The van der Waals surface area contributed by atoms with Gasteiger partial charge < -0.3 is 10.1 Å². The number of aromatic nitrogens is 2. The largest absolute Gasteiger partial charge is 0.497 e. The van der Waals surface area contributed by atoms with Crippen LogP contribution in [0.1, 0.15) is 23.8 Å². The molecule has 0 aliphatic heterocycles. The number of benzene rings is 2. The summed E-state index contributed by atoms with van der Waals surface area (Å²) in [6.45, 7) is 2.59. The van der Waals surface area contributed by atoms with Crippen LogP contribution in [-0.2, 0) is 0 Å². The molecule has 0 spiro atoms. The molecule has 0 bridgehead atoms. The van der Waals surface area contributed by atoms with Crippen molar-refractivity contribution in [1.82, 2.24) is 15.1 Å². The highest BCUT2D eigenvalue weighted by Gasteiger charge is 2.18. The molecule has 7 heteroatoms. The van der Waals surface area contributed by atoms with Gasteiger partial charge in [-0.2, -0.15) is 5.10 Å². The normalized spacial score (nSPS) is 10.7. The molecule has 0 aliphatic rings. The minimum Gasteiger partial charge on any atom is -0.497 e. The zero-order valence-electron chi connectivity index (χ0n) is 15.0. The molecule has 140 valence electrons. The molecule has 2 aromatic carbocycles. The van der Waals surface area contributed by atoms with Crippen molar-refractivity contribution in [2.75, 3.05) is 13.7 Å². The second kappa shape index (κ2) is 8.46. The van der Waals surface area contributed by atoms with Crippen LogP contribution >= 0.6 is 23.2 Å². The Morgan fingerprint density at radius 3 is 2.48 bits per heavy atom. The van der Waals surface area contributed by atoms with Gasteiger partial charge in [0.25, 0.3) is 5.91 Å². The van der Waals surface area contributed by atoms with E-state index in [4.69, 9.17) is 27.9 Å². The molecule has 3 rings (SSSR count). The van der Waals surface area contributed by atoms with Crippen molar-refractivity contribution in [3.63, 3.8) is 0 Å². The highest BCUT2D eigenvalue weighted by atomic mass is 35.5. The Balaban J connectivity index is 2.07. The quantitative estimate of drug-likeness (QED) is 0.630. The standard InChI is InChI=1S/C20H19Cl2N3O2/c1-3-10-23-20(26)19-12-18(13-4-7-15(27-2)8-5-13)24-25(19)14-6-9-16(21)17(22)11-14/h4-9,11-12H,3,10H2,1-2H3,(H,23,26). The molecule has 0 fully saturated rings. The molecule has 3 aromatic rings. The summed E-state index contributed by atoms with van der Waals surface area (Å²) in [5.41, 5.74) is 2.63. The molecule has 0 aliphatic carbocycles. The Kier molecular flexibility index (Phi) is 6.04. The minimum absolute atomic E-state index is 0.199. The molecular formula is C20H19Cl2N3O2. The number of nitrogens with zero attached hydrogens (tertiary/aromatic N) is 2. The van der Waals surface area contributed by atoms with Crippen LogP contribution < -0.4 is 10.1 Å². The first-order valence-electron chi connectivity index (χ1n) is 8.51. The van der Waals surface area contributed by atoms with E-state index in [0.29, 0.717) is 33.7 Å². The molecule has 5 nitrogen and oxygen atoms in total. The summed E-state index contributed by atoms with van der Waals surface area (Å²) in [6.07, 6.45) is 0.845. The molecule has 1 amide bonds. The molecule has 0 atom stereocenters. The Morgan fingerprint density at radius 1 is 1.11 bits per heavy atom. The number of amides is 1. The van der Waals surface area contributed by atoms with Crippen LogP contribution in [0.25, 0.3) is 16.9 Å². The number of nitrogens with one attached hydrogen (secondary N) is 1. The lowest BCUT2D eigenvalue weighted by Crippen LogP contribution is -2.26. The van der Waals surface area contributed by atoms with E-state index in [1.54, 1.807) is 36.1 Å². The lowest BCUT2D eigenvalue weighted by molar-refractivity contribution is 0.0946. The van der Waals surface area contributed by atoms with E-state index in [-0.39, 0.29) is 5.91 Å². The first-order chi connectivity index (χ1) is 13.0. The molecular weight excluding hydrogens is 385 g/mol. The molecule has 0 unspecified atom stereocenters. The minimum atomic E-state index is -0.199. The van der Waals surface area contributed by atoms with Gasteiger partial charge in [0.05, 0.1) is 28.5 Å². The monoisotopic (exact) mass is 403 g/mol. The Bertz CT molecular complexity index is 952. The molecule has 0 radical (unpaired) electrons. The van der Waals surface area contributed by atoms with Gasteiger partial charge in [-0.25, -0.2) is 4.68 Å². The number of hydrogen-bond acceptors (Lipinski definition) is 3. The number of carbonyl (C=O) groups is 1. The summed E-state index contributed by atoms with van der Waals surface area (Å²) in [7, 11) is 1.62. The lowest BCUT2D eigenvalue weighted by atomic mass is 10.1. The third-order valence-corrected chi connectivity index (χ3v) is 4.75. The van der Waals surface area contributed by atoms with Gasteiger partial charge in [-0.05, 0) is 55.0 Å². The van der Waals surface area contributed by atoms with Crippen molar-refractivity contribution in [2.24, 2.45) is 0 Å². The van der Waals surface area contributed by atoms with Crippen LogP contribution in [0.3, 0.4) is 0 Å². The Hall–Kier alpha value is -2.50. The van der Waals surface area contributed by atoms with Crippen LogP contribution in [0.15, 0.2) is 48.5 Å². The lowest BCUT2D eigenvalue weighted by Gasteiger charge is -2.08. The first-order valence-corrected chi connectivity index (χ1v) is 9.27.